The van der Waals surface area contributed by atoms with Crippen LogP contribution < -0.4 is 0 Å². The molecule has 19 heavy (non-hydrogen) atoms. The zero-order valence-electron chi connectivity index (χ0n) is 11.5. The second kappa shape index (κ2) is 5.27. The Bertz CT molecular complexity index is 434. The Hall–Kier alpha value is -1.46. The van der Waals surface area contributed by atoms with Gasteiger partial charge in [0.1, 0.15) is 0 Å². The number of esters is 1. The van der Waals surface area contributed by atoms with Crippen LogP contribution in [0.1, 0.15) is 26.5 Å². The van der Waals surface area contributed by atoms with Gasteiger partial charge in [-0.1, -0.05) is 6.07 Å². The van der Waals surface area contributed by atoms with Crippen molar-refractivity contribution < 1.29 is 19.0 Å². The predicted molar refractivity (Wildman–Crippen MR) is 68.5 cm³/mol. The van der Waals surface area contributed by atoms with Gasteiger partial charge in [-0.2, -0.15) is 0 Å². The first-order valence-corrected chi connectivity index (χ1v) is 6.37. The van der Waals surface area contributed by atoms with Gasteiger partial charge in [0, 0.05) is 6.20 Å². The zero-order valence-corrected chi connectivity index (χ0v) is 11.5. The van der Waals surface area contributed by atoms with Crippen molar-refractivity contribution in [1.29, 1.82) is 0 Å². The summed E-state index contributed by atoms with van der Waals surface area (Å²) >= 11 is 0. The summed E-state index contributed by atoms with van der Waals surface area (Å²) in [4.78, 5) is 16.6. The molecule has 0 spiro atoms. The molecule has 0 atom stereocenters. The topological polar surface area (TPSA) is 57.7 Å². The molecule has 0 bridgehead atoms. The van der Waals surface area contributed by atoms with Crippen LogP contribution in [0.3, 0.4) is 0 Å². The monoisotopic (exact) mass is 265 g/mol. The molecule has 0 aliphatic carbocycles. The standard InChI is InChI=1S/C14H19NO4/c1-4-17-12(16)14(11-7-5-6-8-15-11)9-18-13(2,3)19-10-14/h5-8H,4,9-10H2,1-3H3. The van der Waals surface area contributed by atoms with E-state index < -0.39 is 11.2 Å². The number of carbonyl (C=O) groups is 1. The summed E-state index contributed by atoms with van der Waals surface area (Å²) in [6.45, 7) is 6.14. The number of ether oxygens (including phenoxy) is 3. The molecule has 1 aromatic heterocycles. The number of pyridine rings is 1. The Labute approximate surface area is 112 Å². The molecule has 0 amide bonds. The fraction of sp³-hybridized carbons (Fsp3) is 0.571. The molecule has 1 fully saturated rings. The van der Waals surface area contributed by atoms with Crippen molar-refractivity contribution in [2.45, 2.75) is 32.0 Å². The number of hydrogen-bond acceptors (Lipinski definition) is 5. The third-order valence-corrected chi connectivity index (χ3v) is 3.15. The number of carbonyl (C=O) groups excluding carboxylic acids is 1. The van der Waals surface area contributed by atoms with Gasteiger partial charge in [0.05, 0.1) is 25.5 Å². The van der Waals surface area contributed by atoms with E-state index in [4.69, 9.17) is 14.2 Å². The van der Waals surface area contributed by atoms with Gasteiger partial charge in [-0.25, -0.2) is 0 Å². The van der Waals surface area contributed by atoms with Gasteiger partial charge >= 0.3 is 5.97 Å². The van der Waals surface area contributed by atoms with Crippen LogP contribution in [-0.4, -0.2) is 36.6 Å². The number of rotatable bonds is 3. The Balaban J connectivity index is 2.33. The molecule has 1 saturated heterocycles. The van der Waals surface area contributed by atoms with E-state index in [0.717, 1.165) is 0 Å². The van der Waals surface area contributed by atoms with E-state index in [2.05, 4.69) is 4.98 Å². The van der Waals surface area contributed by atoms with Crippen LogP contribution >= 0.6 is 0 Å². The minimum absolute atomic E-state index is 0.204. The van der Waals surface area contributed by atoms with Crippen molar-refractivity contribution in [3.63, 3.8) is 0 Å². The Morgan fingerprint density at radius 3 is 2.58 bits per heavy atom. The van der Waals surface area contributed by atoms with Crippen LogP contribution in [-0.2, 0) is 24.4 Å². The van der Waals surface area contributed by atoms with E-state index in [1.807, 2.05) is 19.9 Å². The Morgan fingerprint density at radius 2 is 2.05 bits per heavy atom. The van der Waals surface area contributed by atoms with E-state index in [9.17, 15) is 4.79 Å². The molecule has 2 heterocycles. The van der Waals surface area contributed by atoms with Crippen LogP contribution in [0, 0.1) is 0 Å². The average Bonchev–Trinajstić information content (AvgIpc) is 2.40. The molecule has 0 aromatic carbocycles. The molecule has 1 aromatic rings. The molecule has 5 heteroatoms. The van der Waals surface area contributed by atoms with Gasteiger partial charge in [-0.05, 0) is 32.9 Å². The van der Waals surface area contributed by atoms with Crippen molar-refractivity contribution in [1.82, 2.24) is 4.98 Å². The summed E-state index contributed by atoms with van der Waals surface area (Å²) in [5, 5.41) is 0. The normalized spacial score (nSPS) is 20.8. The van der Waals surface area contributed by atoms with Gasteiger partial charge < -0.3 is 14.2 Å². The zero-order chi connectivity index (χ0) is 13.9. The van der Waals surface area contributed by atoms with Crippen LogP contribution in [0.4, 0.5) is 0 Å². The summed E-state index contributed by atoms with van der Waals surface area (Å²) in [7, 11) is 0. The van der Waals surface area contributed by atoms with Crippen molar-refractivity contribution >= 4 is 5.97 Å². The minimum atomic E-state index is -0.979. The summed E-state index contributed by atoms with van der Waals surface area (Å²) in [5.74, 6) is -1.05. The predicted octanol–water partition coefficient (Wildman–Crippen LogP) is 1.67. The van der Waals surface area contributed by atoms with Crippen molar-refractivity contribution in [3.8, 4) is 0 Å². The highest BCUT2D eigenvalue weighted by Crippen LogP contribution is 2.33. The highest BCUT2D eigenvalue weighted by molar-refractivity contribution is 5.83. The largest absolute Gasteiger partial charge is 0.465 e. The maximum atomic E-state index is 12.3. The van der Waals surface area contributed by atoms with E-state index in [0.29, 0.717) is 12.3 Å². The maximum absolute atomic E-state index is 12.3. The lowest BCUT2D eigenvalue weighted by Crippen LogP contribution is -2.54. The molecule has 104 valence electrons. The van der Waals surface area contributed by atoms with Crippen LogP contribution in [0.2, 0.25) is 0 Å². The fourth-order valence-corrected chi connectivity index (χ4v) is 1.96. The van der Waals surface area contributed by atoms with E-state index in [1.54, 1.807) is 25.3 Å². The van der Waals surface area contributed by atoms with Gasteiger partial charge in [0.25, 0.3) is 0 Å². The van der Waals surface area contributed by atoms with Gasteiger partial charge in [0.2, 0.25) is 0 Å². The molecule has 5 nitrogen and oxygen atoms in total. The summed E-state index contributed by atoms with van der Waals surface area (Å²) in [6, 6.07) is 5.43. The van der Waals surface area contributed by atoms with Crippen LogP contribution in [0.25, 0.3) is 0 Å². The smallest absolute Gasteiger partial charge is 0.322 e. The first kappa shape index (κ1) is 14.0. The van der Waals surface area contributed by atoms with Crippen LogP contribution in [0.15, 0.2) is 24.4 Å². The van der Waals surface area contributed by atoms with E-state index in [-0.39, 0.29) is 19.2 Å². The SMILES string of the molecule is CCOC(=O)C1(c2ccccn2)COC(C)(C)OC1. The molecule has 0 radical (unpaired) electrons. The Kier molecular flexibility index (Phi) is 3.87. The van der Waals surface area contributed by atoms with Crippen molar-refractivity contribution in [2.24, 2.45) is 0 Å². The summed E-state index contributed by atoms with van der Waals surface area (Å²) in [6.07, 6.45) is 1.65. The molecule has 0 saturated carbocycles. The third kappa shape index (κ3) is 2.77. The molecule has 0 N–H and O–H groups in total. The van der Waals surface area contributed by atoms with Crippen LogP contribution in [0.5, 0.6) is 0 Å². The number of nitrogens with zero attached hydrogens (tertiary/aromatic N) is 1. The molecule has 1 aliphatic heterocycles. The lowest BCUT2D eigenvalue weighted by molar-refractivity contribution is -0.270. The quantitative estimate of drug-likeness (QED) is 0.778. The van der Waals surface area contributed by atoms with E-state index in [1.165, 1.54) is 0 Å². The third-order valence-electron chi connectivity index (χ3n) is 3.15. The first-order chi connectivity index (χ1) is 9.00. The minimum Gasteiger partial charge on any atom is -0.465 e. The van der Waals surface area contributed by atoms with Crippen molar-refractivity contribution in [2.75, 3.05) is 19.8 Å². The number of hydrogen-bond donors (Lipinski definition) is 0. The van der Waals surface area contributed by atoms with Crippen molar-refractivity contribution in [3.05, 3.63) is 30.1 Å². The lowest BCUT2D eigenvalue weighted by Gasteiger charge is -2.41. The summed E-state index contributed by atoms with van der Waals surface area (Å²) < 4.78 is 16.4. The molecule has 0 unspecified atom stereocenters. The molecule has 1 aliphatic rings. The maximum Gasteiger partial charge on any atom is 0.322 e. The van der Waals surface area contributed by atoms with Gasteiger partial charge in [-0.3, -0.25) is 9.78 Å². The van der Waals surface area contributed by atoms with Gasteiger partial charge in [-0.15, -0.1) is 0 Å². The Morgan fingerprint density at radius 1 is 1.37 bits per heavy atom. The lowest BCUT2D eigenvalue weighted by atomic mass is 9.84. The van der Waals surface area contributed by atoms with E-state index >= 15 is 0 Å². The average molecular weight is 265 g/mol. The molecular formula is C14H19NO4. The summed E-state index contributed by atoms with van der Waals surface area (Å²) in [5.41, 5.74) is -0.365. The highest BCUT2D eigenvalue weighted by atomic mass is 16.7. The first-order valence-electron chi connectivity index (χ1n) is 6.37. The highest BCUT2D eigenvalue weighted by Gasteiger charge is 2.49. The second-order valence-corrected chi connectivity index (χ2v) is 4.99. The second-order valence-electron chi connectivity index (χ2n) is 4.99. The van der Waals surface area contributed by atoms with Gasteiger partial charge in [0.15, 0.2) is 11.2 Å². The number of aromatic nitrogens is 1. The molecule has 2 rings (SSSR count). The molecular weight excluding hydrogens is 246 g/mol. The fourth-order valence-electron chi connectivity index (χ4n) is 1.96.